The summed E-state index contributed by atoms with van der Waals surface area (Å²) in [5, 5.41) is 2.15. The molecule has 0 radical (unpaired) electrons. The highest BCUT2D eigenvalue weighted by molar-refractivity contribution is 5.88. The van der Waals surface area contributed by atoms with Crippen molar-refractivity contribution in [2.75, 3.05) is 40.0 Å². The lowest BCUT2D eigenvalue weighted by Crippen LogP contribution is -2.45. The summed E-state index contributed by atoms with van der Waals surface area (Å²) in [4.78, 5) is 26.2. The predicted octanol–water partition coefficient (Wildman–Crippen LogP) is 3.59. The largest absolute Gasteiger partial charge is 0.492 e. The van der Waals surface area contributed by atoms with Gasteiger partial charge >= 0.3 is 5.97 Å². The zero-order chi connectivity index (χ0) is 21.2. The molecule has 0 bridgehead atoms. The van der Waals surface area contributed by atoms with Crippen molar-refractivity contribution >= 4 is 22.6 Å². The first-order chi connectivity index (χ1) is 14.7. The maximum atomic E-state index is 13.1. The molecule has 1 amide bonds. The van der Waals surface area contributed by atoms with Crippen LogP contribution in [0, 0.1) is 5.92 Å². The number of carbonyl (C=O) groups is 2. The first-order valence-electron chi connectivity index (χ1n) is 10.4. The number of ether oxygens (including phenoxy) is 3. The van der Waals surface area contributed by atoms with Crippen LogP contribution in [0.1, 0.15) is 19.3 Å². The lowest BCUT2D eigenvalue weighted by molar-refractivity contribution is -0.141. The van der Waals surface area contributed by atoms with E-state index in [-0.39, 0.29) is 17.8 Å². The topological polar surface area (TPSA) is 65.1 Å². The maximum absolute atomic E-state index is 13.1. The van der Waals surface area contributed by atoms with Crippen molar-refractivity contribution in [3.63, 3.8) is 0 Å². The molecule has 0 aliphatic carbocycles. The number of fused-ring (bicyclic) bond motifs is 1. The Morgan fingerprint density at radius 1 is 1.13 bits per heavy atom. The summed E-state index contributed by atoms with van der Waals surface area (Å²) < 4.78 is 16.1. The van der Waals surface area contributed by atoms with Gasteiger partial charge < -0.3 is 19.1 Å². The molecule has 0 saturated carbocycles. The van der Waals surface area contributed by atoms with Crippen molar-refractivity contribution in [3.05, 3.63) is 54.6 Å². The Hall–Kier alpha value is -2.86. The van der Waals surface area contributed by atoms with E-state index in [2.05, 4.69) is 4.74 Å². The number of allylic oxidation sites excluding steroid dienone is 1. The van der Waals surface area contributed by atoms with E-state index in [0.717, 1.165) is 22.9 Å². The molecule has 3 rings (SSSR count). The highest BCUT2D eigenvalue weighted by Crippen LogP contribution is 2.26. The number of unbranched alkanes of at least 4 members (excludes halogenated alkanes) is 1. The van der Waals surface area contributed by atoms with Gasteiger partial charge in [0.15, 0.2) is 0 Å². The van der Waals surface area contributed by atoms with Gasteiger partial charge in [0.2, 0.25) is 5.91 Å². The molecule has 0 N–H and O–H groups in total. The molecule has 1 saturated heterocycles. The molecule has 2 aromatic carbocycles. The first-order valence-corrected chi connectivity index (χ1v) is 10.4. The number of benzene rings is 2. The van der Waals surface area contributed by atoms with E-state index in [0.29, 0.717) is 45.8 Å². The fourth-order valence-electron chi connectivity index (χ4n) is 3.56. The van der Waals surface area contributed by atoms with E-state index in [1.54, 1.807) is 6.08 Å². The Bertz CT molecular complexity index is 868. The Kier molecular flexibility index (Phi) is 8.27. The normalized spacial score (nSPS) is 15.3. The van der Waals surface area contributed by atoms with E-state index >= 15 is 0 Å². The summed E-state index contributed by atoms with van der Waals surface area (Å²) >= 11 is 0. The number of amides is 1. The quantitative estimate of drug-likeness (QED) is 0.358. The number of nitrogens with zero attached hydrogens (tertiary/aromatic N) is 1. The summed E-state index contributed by atoms with van der Waals surface area (Å²) in [6.07, 6.45) is 5.38. The molecular formula is C24H29NO5. The maximum Gasteiger partial charge on any atom is 0.330 e. The predicted molar refractivity (Wildman–Crippen MR) is 115 cm³/mol. The minimum atomic E-state index is -0.366. The summed E-state index contributed by atoms with van der Waals surface area (Å²) in [6.45, 7) is 2.71. The molecule has 0 aromatic heterocycles. The summed E-state index contributed by atoms with van der Waals surface area (Å²) in [5.74, 6) is 0.290. The third-order valence-electron chi connectivity index (χ3n) is 5.24. The summed E-state index contributed by atoms with van der Waals surface area (Å²) in [7, 11) is 1.36. The summed E-state index contributed by atoms with van der Waals surface area (Å²) in [6, 6.07) is 14.0. The van der Waals surface area contributed by atoms with E-state index in [4.69, 9.17) is 9.47 Å². The Labute approximate surface area is 177 Å². The number of morpholine rings is 1. The number of methoxy groups -OCH3 is 1. The van der Waals surface area contributed by atoms with E-state index < -0.39 is 0 Å². The minimum Gasteiger partial charge on any atom is -0.492 e. The molecule has 1 aliphatic rings. The Morgan fingerprint density at radius 3 is 2.70 bits per heavy atom. The van der Waals surface area contributed by atoms with Crippen LogP contribution >= 0.6 is 0 Å². The molecule has 1 fully saturated rings. The van der Waals surface area contributed by atoms with Crippen molar-refractivity contribution in [3.8, 4) is 5.75 Å². The molecule has 2 aromatic rings. The average molecular weight is 411 g/mol. The fraction of sp³-hybridized carbons (Fsp3) is 0.417. The zero-order valence-corrected chi connectivity index (χ0v) is 17.4. The van der Waals surface area contributed by atoms with Crippen LogP contribution < -0.4 is 4.74 Å². The van der Waals surface area contributed by atoms with Crippen LogP contribution in [0.5, 0.6) is 5.75 Å². The molecule has 0 spiro atoms. The van der Waals surface area contributed by atoms with Gasteiger partial charge in [0.1, 0.15) is 5.75 Å². The van der Waals surface area contributed by atoms with Gasteiger partial charge in [0.25, 0.3) is 0 Å². The Balaban J connectivity index is 1.64. The summed E-state index contributed by atoms with van der Waals surface area (Å²) in [5.41, 5.74) is 0. The van der Waals surface area contributed by atoms with Crippen LogP contribution in [0.3, 0.4) is 0 Å². The van der Waals surface area contributed by atoms with Crippen molar-refractivity contribution in [1.82, 2.24) is 4.90 Å². The second-order valence-corrected chi connectivity index (χ2v) is 7.28. The Morgan fingerprint density at radius 2 is 1.90 bits per heavy atom. The molecule has 1 atom stereocenters. The van der Waals surface area contributed by atoms with Crippen LogP contribution in [0.2, 0.25) is 0 Å². The highest BCUT2D eigenvalue weighted by atomic mass is 16.5. The molecule has 30 heavy (non-hydrogen) atoms. The van der Waals surface area contributed by atoms with Crippen LogP contribution in [0.15, 0.2) is 54.6 Å². The molecule has 160 valence electrons. The lowest BCUT2D eigenvalue weighted by Gasteiger charge is -2.30. The van der Waals surface area contributed by atoms with Crippen molar-refractivity contribution in [2.45, 2.75) is 19.3 Å². The smallest absolute Gasteiger partial charge is 0.330 e. The molecule has 1 heterocycles. The van der Waals surface area contributed by atoms with Crippen molar-refractivity contribution in [2.24, 2.45) is 5.92 Å². The number of hydrogen-bond donors (Lipinski definition) is 0. The highest BCUT2D eigenvalue weighted by Gasteiger charge is 2.26. The van der Waals surface area contributed by atoms with Crippen LogP contribution in [0.25, 0.3) is 10.8 Å². The molecule has 6 heteroatoms. The lowest BCUT2D eigenvalue weighted by atomic mass is 10.0. The minimum absolute atomic E-state index is 0.107. The van der Waals surface area contributed by atoms with Gasteiger partial charge in [0.05, 0.1) is 32.8 Å². The van der Waals surface area contributed by atoms with Gasteiger partial charge in [-0.2, -0.15) is 0 Å². The van der Waals surface area contributed by atoms with Gasteiger partial charge in [-0.1, -0.05) is 42.5 Å². The standard InChI is InChI=1S/C24H29NO5/c1-28-23(26)13-4-2-3-9-20(24(27)25-14-16-29-17-15-25)18-30-22-12-7-10-19-8-5-6-11-21(19)22/h4-8,10-13,20H,2-3,9,14-18H2,1H3/b13-4+. The van der Waals surface area contributed by atoms with Crippen molar-refractivity contribution in [1.29, 1.82) is 0 Å². The van der Waals surface area contributed by atoms with Crippen LogP contribution in [-0.2, 0) is 19.1 Å². The fourth-order valence-corrected chi connectivity index (χ4v) is 3.56. The van der Waals surface area contributed by atoms with Gasteiger partial charge in [-0.3, -0.25) is 4.79 Å². The van der Waals surface area contributed by atoms with Gasteiger partial charge in [-0.05, 0) is 30.7 Å². The zero-order valence-electron chi connectivity index (χ0n) is 17.4. The second-order valence-electron chi connectivity index (χ2n) is 7.28. The number of hydrogen-bond acceptors (Lipinski definition) is 5. The average Bonchev–Trinajstić information content (AvgIpc) is 2.80. The first kappa shape index (κ1) is 21.8. The third kappa shape index (κ3) is 6.07. The molecule has 1 unspecified atom stereocenters. The number of carbonyl (C=O) groups excluding carboxylic acids is 2. The number of esters is 1. The van der Waals surface area contributed by atoms with Gasteiger partial charge in [-0.15, -0.1) is 0 Å². The van der Waals surface area contributed by atoms with E-state index in [9.17, 15) is 9.59 Å². The SMILES string of the molecule is COC(=O)/C=C/CCCC(COc1cccc2ccccc12)C(=O)N1CCOCC1. The monoisotopic (exact) mass is 411 g/mol. The second kappa shape index (κ2) is 11.4. The van der Waals surface area contributed by atoms with Crippen LogP contribution in [0.4, 0.5) is 0 Å². The molecule has 6 nitrogen and oxygen atoms in total. The number of rotatable bonds is 9. The van der Waals surface area contributed by atoms with E-state index in [1.165, 1.54) is 13.2 Å². The third-order valence-corrected chi connectivity index (χ3v) is 5.24. The molecule has 1 aliphatic heterocycles. The molecular weight excluding hydrogens is 382 g/mol. The van der Waals surface area contributed by atoms with Gasteiger partial charge in [0, 0.05) is 24.6 Å². The van der Waals surface area contributed by atoms with Crippen molar-refractivity contribution < 1.29 is 23.8 Å². The van der Waals surface area contributed by atoms with Crippen LogP contribution in [-0.4, -0.2) is 56.8 Å². The van der Waals surface area contributed by atoms with Gasteiger partial charge in [-0.25, -0.2) is 4.79 Å². The van der Waals surface area contributed by atoms with E-state index in [1.807, 2.05) is 47.4 Å².